The molecular formula is C14H20N6S. The van der Waals surface area contributed by atoms with Crippen LogP contribution in [0.5, 0.6) is 0 Å². The van der Waals surface area contributed by atoms with E-state index in [0.29, 0.717) is 18.5 Å². The van der Waals surface area contributed by atoms with Gasteiger partial charge in [-0.2, -0.15) is 26.3 Å². The summed E-state index contributed by atoms with van der Waals surface area (Å²) in [6.07, 6.45) is 2.40. The summed E-state index contributed by atoms with van der Waals surface area (Å²) in [4.78, 5) is 17.2. The van der Waals surface area contributed by atoms with Gasteiger partial charge in [0.15, 0.2) is 0 Å². The molecule has 3 heterocycles. The van der Waals surface area contributed by atoms with Gasteiger partial charge >= 0.3 is 0 Å². The maximum atomic E-state index is 5.79. The van der Waals surface area contributed by atoms with E-state index < -0.39 is 0 Å². The molecule has 2 N–H and O–H groups in total. The van der Waals surface area contributed by atoms with Crippen molar-refractivity contribution >= 4 is 23.2 Å². The Morgan fingerprint density at radius 1 is 1.38 bits per heavy atom. The highest BCUT2D eigenvalue weighted by atomic mass is 32.1. The topological polar surface area (TPSA) is 71.2 Å². The molecule has 2 aromatic heterocycles. The predicted octanol–water partition coefficient (Wildman–Crippen LogP) is 1.92. The number of nitrogens with zero attached hydrogens (tertiary/aromatic N) is 5. The lowest BCUT2D eigenvalue weighted by Gasteiger charge is -2.23. The standard InChI is InChI=1S/C14H20N6S/c1-19(2)14-17-12(16-13(15)18-14)8-20-6-3-4-11(20)10-5-7-21-9-10/h5,7,9,11H,3-4,6,8H2,1-2H3,(H2,15,16,17,18). The molecule has 21 heavy (non-hydrogen) atoms. The molecule has 0 spiro atoms. The fraction of sp³-hybridized carbons (Fsp3) is 0.500. The Hall–Kier alpha value is -1.73. The number of likely N-dealkylation sites (tertiary alicyclic amines) is 1. The Morgan fingerprint density at radius 3 is 2.95 bits per heavy atom. The molecular weight excluding hydrogens is 284 g/mol. The van der Waals surface area contributed by atoms with Crippen LogP contribution in [-0.4, -0.2) is 40.5 Å². The lowest BCUT2D eigenvalue weighted by molar-refractivity contribution is 0.242. The van der Waals surface area contributed by atoms with Crippen LogP contribution in [0.2, 0.25) is 0 Å². The maximum absolute atomic E-state index is 5.79. The Morgan fingerprint density at radius 2 is 2.24 bits per heavy atom. The summed E-state index contributed by atoms with van der Waals surface area (Å²) >= 11 is 1.75. The van der Waals surface area contributed by atoms with E-state index in [9.17, 15) is 0 Å². The molecule has 0 saturated carbocycles. The van der Waals surface area contributed by atoms with Gasteiger partial charge in [-0.15, -0.1) is 0 Å². The molecule has 0 aliphatic carbocycles. The van der Waals surface area contributed by atoms with Crippen LogP contribution < -0.4 is 10.6 Å². The van der Waals surface area contributed by atoms with E-state index in [1.54, 1.807) is 11.3 Å². The van der Waals surface area contributed by atoms with E-state index in [2.05, 4.69) is 36.7 Å². The van der Waals surface area contributed by atoms with Crippen molar-refractivity contribution in [3.63, 3.8) is 0 Å². The number of nitrogens with two attached hydrogens (primary N) is 1. The van der Waals surface area contributed by atoms with Gasteiger partial charge in [0, 0.05) is 20.1 Å². The maximum Gasteiger partial charge on any atom is 0.229 e. The SMILES string of the molecule is CN(C)c1nc(N)nc(CN2CCCC2c2ccsc2)n1. The van der Waals surface area contributed by atoms with Crippen LogP contribution in [0.3, 0.4) is 0 Å². The summed E-state index contributed by atoms with van der Waals surface area (Å²) in [5.41, 5.74) is 7.19. The van der Waals surface area contributed by atoms with Crippen molar-refractivity contribution in [1.29, 1.82) is 0 Å². The van der Waals surface area contributed by atoms with Crippen LogP contribution in [0.4, 0.5) is 11.9 Å². The van der Waals surface area contributed by atoms with Crippen molar-refractivity contribution in [1.82, 2.24) is 19.9 Å². The van der Waals surface area contributed by atoms with Crippen molar-refractivity contribution in [3.05, 3.63) is 28.2 Å². The first-order chi connectivity index (χ1) is 10.1. The zero-order valence-electron chi connectivity index (χ0n) is 12.4. The van der Waals surface area contributed by atoms with Crippen molar-refractivity contribution in [2.45, 2.75) is 25.4 Å². The fourth-order valence-corrected chi connectivity index (χ4v) is 3.44. The van der Waals surface area contributed by atoms with Gasteiger partial charge in [0.05, 0.1) is 6.54 Å². The molecule has 0 bridgehead atoms. The van der Waals surface area contributed by atoms with Gasteiger partial charge in [0.1, 0.15) is 5.82 Å². The molecule has 3 rings (SSSR count). The smallest absolute Gasteiger partial charge is 0.229 e. The largest absolute Gasteiger partial charge is 0.368 e. The molecule has 0 aromatic carbocycles. The monoisotopic (exact) mass is 304 g/mol. The predicted molar refractivity (Wildman–Crippen MR) is 85.3 cm³/mol. The summed E-state index contributed by atoms with van der Waals surface area (Å²) in [6.45, 7) is 1.79. The van der Waals surface area contributed by atoms with E-state index in [1.165, 1.54) is 18.4 Å². The van der Waals surface area contributed by atoms with Crippen LogP contribution in [0.25, 0.3) is 0 Å². The Kier molecular flexibility index (Phi) is 4.03. The Labute approximate surface area is 128 Å². The molecule has 7 heteroatoms. The minimum absolute atomic E-state index is 0.287. The van der Waals surface area contributed by atoms with E-state index in [4.69, 9.17) is 5.73 Å². The van der Waals surface area contributed by atoms with Gasteiger partial charge in [-0.1, -0.05) is 0 Å². The third-order valence-electron chi connectivity index (χ3n) is 3.72. The molecule has 1 saturated heterocycles. The van der Waals surface area contributed by atoms with Gasteiger partial charge in [-0.3, -0.25) is 4.90 Å². The Bertz CT molecular complexity index is 598. The third kappa shape index (κ3) is 3.14. The molecule has 1 aliphatic rings. The summed E-state index contributed by atoms with van der Waals surface area (Å²) in [6, 6.07) is 2.68. The molecule has 1 atom stereocenters. The molecule has 112 valence electrons. The highest BCUT2D eigenvalue weighted by molar-refractivity contribution is 7.07. The summed E-state index contributed by atoms with van der Waals surface area (Å²) in [5, 5.41) is 4.37. The number of rotatable bonds is 4. The molecule has 0 amide bonds. The first-order valence-electron chi connectivity index (χ1n) is 7.07. The summed E-state index contributed by atoms with van der Waals surface area (Å²) in [7, 11) is 3.81. The molecule has 2 aromatic rings. The molecule has 0 radical (unpaired) electrons. The molecule has 1 aliphatic heterocycles. The van der Waals surface area contributed by atoms with Crippen LogP contribution in [0.15, 0.2) is 16.8 Å². The minimum atomic E-state index is 0.287. The van der Waals surface area contributed by atoms with E-state index in [0.717, 1.165) is 12.4 Å². The van der Waals surface area contributed by atoms with Crippen molar-refractivity contribution < 1.29 is 0 Å². The number of nitrogen functional groups attached to an aromatic ring is 1. The van der Waals surface area contributed by atoms with Crippen LogP contribution in [-0.2, 0) is 6.54 Å². The Balaban J connectivity index is 1.79. The van der Waals surface area contributed by atoms with Crippen molar-refractivity contribution in [2.75, 3.05) is 31.3 Å². The zero-order chi connectivity index (χ0) is 14.8. The van der Waals surface area contributed by atoms with Gasteiger partial charge in [0.25, 0.3) is 0 Å². The second kappa shape index (κ2) is 5.95. The molecule has 1 fully saturated rings. The fourth-order valence-electron chi connectivity index (χ4n) is 2.73. The van der Waals surface area contributed by atoms with Gasteiger partial charge in [-0.25, -0.2) is 0 Å². The number of anilines is 2. The van der Waals surface area contributed by atoms with Crippen LogP contribution in [0.1, 0.15) is 30.3 Å². The second-order valence-electron chi connectivity index (χ2n) is 5.49. The minimum Gasteiger partial charge on any atom is -0.368 e. The zero-order valence-corrected chi connectivity index (χ0v) is 13.2. The van der Waals surface area contributed by atoms with Crippen molar-refractivity contribution in [3.8, 4) is 0 Å². The van der Waals surface area contributed by atoms with E-state index in [-0.39, 0.29) is 5.95 Å². The van der Waals surface area contributed by atoms with Gasteiger partial charge < -0.3 is 10.6 Å². The highest BCUT2D eigenvalue weighted by Crippen LogP contribution is 2.33. The summed E-state index contributed by atoms with van der Waals surface area (Å²) in [5.74, 6) is 1.65. The van der Waals surface area contributed by atoms with E-state index in [1.807, 2.05) is 19.0 Å². The average molecular weight is 304 g/mol. The highest BCUT2D eigenvalue weighted by Gasteiger charge is 2.27. The van der Waals surface area contributed by atoms with E-state index >= 15 is 0 Å². The number of aromatic nitrogens is 3. The van der Waals surface area contributed by atoms with Crippen molar-refractivity contribution in [2.24, 2.45) is 0 Å². The van der Waals surface area contributed by atoms with Crippen LogP contribution in [0, 0.1) is 0 Å². The van der Waals surface area contributed by atoms with Crippen LogP contribution >= 0.6 is 11.3 Å². The van der Waals surface area contributed by atoms with Gasteiger partial charge in [-0.05, 0) is 41.8 Å². The second-order valence-corrected chi connectivity index (χ2v) is 6.27. The first kappa shape index (κ1) is 14.2. The number of thiophene rings is 1. The molecule has 1 unspecified atom stereocenters. The lowest BCUT2D eigenvalue weighted by Crippen LogP contribution is -2.25. The number of hydrogen-bond donors (Lipinski definition) is 1. The van der Waals surface area contributed by atoms with Gasteiger partial charge in [0.2, 0.25) is 11.9 Å². The summed E-state index contributed by atoms with van der Waals surface area (Å²) < 4.78 is 0. The third-order valence-corrected chi connectivity index (χ3v) is 4.42. The normalized spacial score (nSPS) is 19.0. The first-order valence-corrected chi connectivity index (χ1v) is 8.01. The quantitative estimate of drug-likeness (QED) is 0.930. The number of hydrogen-bond acceptors (Lipinski definition) is 7. The lowest BCUT2D eigenvalue weighted by atomic mass is 10.1. The molecule has 6 nitrogen and oxygen atoms in total. The average Bonchev–Trinajstić information content (AvgIpc) is 3.08.